The third kappa shape index (κ3) is 2.06. The highest BCUT2D eigenvalue weighted by Gasteiger charge is 2.24. The molecule has 1 aliphatic heterocycles. The van der Waals surface area contributed by atoms with Crippen molar-refractivity contribution in [1.82, 2.24) is 0 Å². The molecule has 1 fully saturated rings. The van der Waals surface area contributed by atoms with Crippen molar-refractivity contribution in [2.24, 2.45) is 0 Å². The first kappa shape index (κ1) is 9.73. The summed E-state index contributed by atoms with van der Waals surface area (Å²) < 4.78 is 5.87. The van der Waals surface area contributed by atoms with Crippen molar-refractivity contribution in [2.75, 3.05) is 6.61 Å². The topological polar surface area (TPSA) is 9.23 Å². The van der Waals surface area contributed by atoms with E-state index in [0.29, 0.717) is 11.4 Å². The lowest BCUT2D eigenvalue weighted by molar-refractivity contribution is 0.00365. The molecule has 1 atom stereocenters. The van der Waals surface area contributed by atoms with E-state index in [1.807, 2.05) is 11.8 Å². The molecule has 1 aliphatic carbocycles. The Labute approximate surface area is 95.2 Å². The Hall–Kier alpha value is -0.470. The zero-order valence-corrected chi connectivity index (χ0v) is 9.63. The fourth-order valence-corrected chi connectivity index (χ4v) is 3.36. The minimum Gasteiger partial charge on any atom is -0.377 e. The monoisotopic (exact) mass is 220 g/mol. The van der Waals surface area contributed by atoms with Crippen LogP contribution in [0.25, 0.3) is 0 Å². The smallest absolute Gasteiger partial charge is 0.0595 e. The lowest BCUT2D eigenvalue weighted by Crippen LogP contribution is -2.25. The van der Waals surface area contributed by atoms with Gasteiger partial charge in [0.25, 0.3) is 0 Å². The Bertz CT molecular complexity index is 321. The number of benzene rings is 1. The van der Waals surface area contributed by atoms with Gasteiger partial charge in [-0.2, -0.15) is 0 Å². The van der Waals surface area contributed by atoms with Gasteiger partial charge in [-0.3, -0.25) is 0 Å². The average molecular weight is 220 g/mol. The molecule has 0 amide bonds. The second kappa shape index (κ2) is 4.18. The van der Waals surface area contributed by atoms with E-state index >= 15 is 0 Å². The van der Waals surface area contributed by atoms with Gasteiger partial charge in [-0.05, 0) is 37.3 Å². The third-order valence-electron chi connectivity index (χ3n) is 3.28. The van der Waals surface area contributed by atoms with Crippen LogP contribution in [0.3, 0.4) is 0 Å². The largest absolute Gasteiger partial charge is 0.377 e. The second-order valence-corrected chi connectivity index (χ2v) is 5.78. The van der Waals surface area contributed by atoms with E-state index in [0.717, 1.165) is 6.61 Å². The predicted molar refractivity (Wildman–Crippen MR) is 63.4 cm³/mol. The summed E-state index contributed by atoms with van der Waals surface area (Å²) >= 11 is 1.99. The molecule has 2 aliphatic rings. The van der Waals surface area contributed by atoms with Gasteiger partial charge in [0.05, 0.1) is 12.7 Å². The number of hydrogen-bond donors (Lipinski definition) is 0. The maximum absolute atomic E-state index is 5.87. The lowest BCUT2D eigenvalue weighted by atomic mass is 9.96. The Morgan fingerprint density at radius 2 is 2.13 bits per heavy atom. The van der Waals surface area contributed by atoms with Crippen LogP contribution < -0.4 is 0 Å². The third-order valence-corrected chi connectivity index (χ3v) is 4.57. The van der Waals surface area contributed by atoms with Crippen LogP contribution >= 0.6 is 11.8 Å². The van der Waals surface area contributed by atoms with Crippen molar-refractivity contribution in [3.05, 3.63) is 29.8 Å². The molecule has 1 aromatic carbocycles. The normalized spacial score (nSPS) is 24.9. The Balaban J connectivity index is 1.54. The highest BCUT2D eigenvalue weighted by Crippen LogP contribution is 2.37. The summed E-state index contributed by atoms with van der Waals surface area (Å²) in [6, 6.07) is 8.73. The SMILES string of the molecule is c1ccc2c(c1)CC(COC1CCC1)S2. The first-order chi connectivity index (χ1) is 7.42. The molecule has 0 bridgehead atoms. The van der Waals surface area contributed by atoms with Crippen molar-refractivity contribution in [3.63, 3.8) is 0 Å². The summed E-state index contributed by atoms with van der Waals surface area (Å²) in [5, 5.41) is 0.656. The highest BCUT2D eigenvalue weighted by atomic mass is 32.2. The van der Waals surface area contributed by atoms with Crippen LogP contribution in [-0.2, 0) is 11.2 Å². The number of fused-ring (bicyclic) bond motifs is 1. The van der Waals surface area contributed by atoms with E-state index in [1.165, 1.54) is 36.1 Å². The van der Waals surface area contributed by atoms with E-state index in [9.17, 15) is 0 Å². The van der Waals surface area contributed by atoms with Crippen LogP contribution in [-0.4, -0.2) is 18.0 Å². The maximum Gasteiger partial charge on any atom is 0.0595 e. The molecule has 1 saturated carbocycles. The molecule has 0 N–H and O–H groups in total. The standard InChI is InChI=1S/C13H16OS/c1-2-7-13-10(4-1)8-12(15-13)9-14-11-5-3-6-11/h1-2,4,7,11-12H,3,5-6,8-9H2. The van der Waals surface area contributed by atoms with Crippen LogP contribution in [0.5, 0.6) is 0 Å². The summed E-state index contributed by atoms with van der Waals surface area (Å²) in [7, 11) is 0. The molecule has 1 nitrogen and oxygen atoms in total. The molecule has 1 aromatic rings. The molecule has 0 radical (unpaired) electrons. The van der Waals surface area contributed by atoms with Gasteiger partial charge in [-0.1, -0.05) is 18.2 Å². The first-order valence-electron chi connectivity index (χ1n) is 5.78. The van der Waals surface area contributed by atoms with E-state index in [2.05, 4.69) is 24.3 Å². The van der Waals surface area contributed by atoms with E-state index < -0.39 is 0 Å². The Kier molecular flexibility index (Phi) is 2.72. The number of rotatable bonds is 3. The van der Waals surface area contributed by atoms with Gasteiger partial charge in [0.1, 0.15) is 0 Å². The molecule has 2 heteroatoms. The summed E-state index contributed by atoms with van der Waals surface area (Å²) in [5.41, 5.74) is 1.50. The average Bonchev–Trinajstić information content (AvgIpc) is 2.57. The molecule has 1 unspecified atom stereocenters. The van der Waals surface area contributed by atoms with Gasteiger partial charge in [-0.15, -0.1) is 11.8 Å². The van der Waals surface area contributed by atoms with Gasteiger partial charge in [-0.25, -0.2) is 0 Å². The summed E-state index contributed by atoms with van der Waals surface area (Å²) in [6.45, 7) is 0.935. The molecule has 3 rings (SSSR count). The lowest BCUT2D eigenvalue weighted by Gasteiger charge is -2.26. The van der Waals surface area contributed by atoms with Crippen LogP contribution in [0.1, 0.15) is 24.8 Å². The maximum atomic E-state index is 5.87. The Morgan fingerprint density at radius 3 is 2.87 bits per heavy atom. The minimum absolute atomic E-state index is 0.578. The van der Waals surface area contributed by atoms with Crippen molar-refractivity contribution in [2.45, 2.75) is 41.9 Å². The molecule has 0 spiro atoms. The summed E-state index contributed by atoms with van der Waals surface area (Å²) in [4.78, 5) is 1.46. The number of hydrogen-bond acceptors (Lipinski definition) is 2. The molecular formula is C13H16OS. The van der Waals surface area contributed by atoms with E-state index in [-0.39, 0.29) is 0 Å². The van der Waals surface area contributed by atoms with Crippen LogP contribution in [0.4, 0.5) is 0 Å². The minimum atomic E-state index is 0.578. The van der Waals surface area contributed by atoms with E-state index in [1.54, 1.807) is 0 Å². The molecule has 0 saturated heterocycles. The van der Waals surface area contributed by atoms with Gasteiger partial charge >= 0.3 is 0 Å². The number of thioether (sulfide) groups is 1. The van der Waals surface area contributed by atoms with Crippen molar-refractivity contribution in [3.8, 4) is 0 Å². The molecule has 1 heterocycles. The van der Waals surface area contributed by atoms with Gasteiger partial charge in [0, 0.05) is 10.1 Å². The highest BCUT2D eigenvalue weighted by molar-refractivity contribution is 8.00. The van der Waals surface area contributed by atoms with Gasteiger partial charge in [0.2, 0.25) is 0 Å². The van der Waals surface area contributed by atoms with Crippen LogP contribution in [0.15, 0.2) is 29.2 Å². The molecule has 80 valence electrons. The summed E-state index contributed by atoms with van der Waals surface area (Å²) in [5.74, 6) is 0. The van der Waals surface area contributed by atoms with Gasteiger partial charge < -0.3 is 4.74 Å². The number of ether oxygens (including phenoxy) is 1. The molecule has 0 aromatic heterocycles. The second-order valence-electron chi connectivity index (χ2n) is 4.44. The predicted octanol–water partition coefficient (Wildman–Crippen LogP) is 3.27. The fourth-order valence-electron chi connectivity index (χ4n) is 2.13. The van der Waals surface area contributed by atoms with Crippen LogP contribution in [0, 0.1) is 0 Å². The van der Waals surface area contributed by atoms with Crippen molar-refractivity contribution >= 4 is 11.8 Å². The molecule has 15 heavy (non-hydrogen) atoms. The zero-order chi connectivity index (χ0) is 10.1. The summed E-state index contributed by atoms with van der Waals surface area (Å²) in [6.07, 6.45) is 5.69. The molecular weight excluding hydrogens is 204 g/mol. The Morgan fingerprint density at radius 1 is 1.27 bits per heavy atom. The quantitative estimate of drug-likeness (QED) is 0.773. The van der Waals surface area contributed by atoms with Crippen molar-refractivity contribution in [1.29, 1.82) is 0 Å². The fraction of sp³-hybridized carbons (Fsp3) is 0.538. The van der Waals surface area contributed by atoms with E-state index in [4.69, 9.17) is 4.74 Å². The van der Waals surface area contributed by atoms with Gasteiger partial charge in [0.15, 0.2) is 0 Å². The van der Waals surface area contributed by atoms with Crippen molar-refractivity contribution < 1.29 is 4.74 Å². The zero-order valence-electron chi connectivity index (χ0n) is 8.82. The first-order valence-corrected chi connectivity index (χ1v) is 6.66. The van der Waals surface area contributed by atoms with Crippen LogP contribution in [0.2, 0.25) is 0 Å².